The summed E-state index contributed by atoms with van der Waals surface area (Å²) < 4.78 is 1.18. The number of halogens is 1. The van der Waals surface area contributed by atoms with Gasteiger partial charge in [0.25, 0.3) is 5.91 Å². The van der Waals surface area contributed by atoms with Crippen LogP contribution in [0.3, 0.4) is 0 Å². The Bertz CT molecular complexity index is 537. The van der Waals surface area contributed by atoms with Crippen molar-refractivity contribution < 1.29 is 4.79 Å². The van der Waals surface area contributed by atoms with Gasteiger partial charge in [0, 0.05) is 33.9 Å². The number of carbonyl (C=O) groups excluding carboxylic acids is 1. The zero-order valence-corrected chi connectivity index (χ0v) is 12.8. The molecular weight excluding hydrogens is 310 g/mol. The largest absolute Gasteiger partial charge is 0.339 e. The van der Waals surface area contributed by atoms with Crippen molar-refractivity contribution in [3.8, 4) is 0 Å². The van der Waals surface area contributed by atoms with Gasteiger partial charge < -0.3 is 4.90 Å². The fourth-order valence-electron chi connectivity index (χ4n) is 1.97. The summed E-state index contributed by atoms with van der Waals surface area (Å²) in [6.07, 6.45) is 0.988. The van der Waals surface area contributed by atoms with Crippen LogP contribution in [0, 0.1) is 0 Å². The van der Waals surface area contributed by atoms with Crippen LogP contribution >= 0.6 is 27.3 Å². The lowest BCUT2D eigenvalue weighted by Crippen LogP contribution is -2.31. The Morgan fingerprint density at radius 2 is 2.17 bits per heavy atom. The van der Waals surface area contributed by atoms with E-state index in [9.17, 15) is 4.79 Å². The number of thiophene rings is 1. The van der Waals surface area contributed by atoms with Gasteiger partial charge in [-0.3, -0.25) is 4.79 Å². The minimum Gasteiger partial charge on any atom is -0.339 e. The summed E-state index contributed by atoms with van der Waals surface area (Å²) in [6, 6.07) is 8.08. The van der Waals surface area contributed by atoms with Crippen molar-refractivity contribution in [3.63, 3.8) is 0 Å². The zero-order chi connectivity index (χ0) is 13.0. The summed E-state index contributed by atoms with van der Waals surface area (Å²) in [4.78, 5) is 14.4. The van der Waals surface area contributed by atoms with Gasteiger partial charge in [0.2, 0.25) is 0 Å². The summed E-state index contributed by atoms with van der Waals surface area (Å²) in [5, 5.41) is 3.98. The predicted octanol–water partition coefficient (Wildman–Crippen LogP) is 4.15. The maximum atomic E-state index is 12.5. The lowest BCUT2D eigenvalue weighted by atomic mass is 10.1. The van der Waals surface area contributed by atoms with Crippen molar-refractivity contribution in [1.29, 1.82) is 0 Å². The number of hydrogen-bond donors (Lipinski definition) is 0. The molecule has 1 aromatic heterocycles. The average Bonchev–Trinajstić information content (AvgIpc) is 2.83. The Labute approximate surface area is 120 Å². The van der Waals surface area contributed by atoms with E-state index < -0.39 is 0 Å². The molecule has 0 spiro atoms. The number of benzene rings is 1. The molecule has 1 aromatic carbocycles. The van der Waals surface area contributed by atoms with Gasteiger partial charge in [-0.05, 0) is 19.4 Å². The van der Waals surface area contributed by atoms with E-state index in [0.717, 1.165) is 35.8 Å². The van der Waals surface area contributed by atoms with Gasteiger partial charge in [-0.15, -0.1) is 11.3 Å². The molecule has 0 aliphatic carbocycles. The quantitative estimate of drug-likeness (QED) is 0.756. The van der Waals surface area contributed by atoms with Crippen molar-refractivity contribution in [2.45, 2.75) is 13.3 Å². The Balaban J connectivity index is 2.26. The monoisotopic (exact) mass is 325 g/mol. The molecule has 0 atom stereocenters. The Morgan fingerprint density at radius 1 is 1.39 bits per heavy atom. The van der Waals surface area contributed by atoms with Crippen LogP contribution in [0.15, 0.2) is 29.6 Å². The number of fused-ring (bicyclic) bond motifs is 1. The molecule has 4 heteroatoms. The number of rotatable bonds is 5. The third-order valence-electron chi connectivity index (χ3n) is 2.94. The summed E-state index contributed by atoms with van der Waals surface area (Å²) in [5.74, 6) is 0.149. The van der Waals surface area contributed by atoms with Gasteiger partial charge in [-0.25, -0.2) is 0 Å². The van der Waals surface area contributed by atoms with Gasteiger partial charge >= 0.3 is 0 Å². The van der Waals surface area contributed by atoms with Crippen LogP contribution in [0.1, 0.15) is 23.7 Å². The van der Waals surface area contributed by atoms with E-state index >= 15 is 0 Å². The van der Waals surface area contributed by atoms with E-state index in [1.807, 2.05) is 35.4 Å². The van der Waals surface area contributed by atoms with Crippen LogP contribution in [-0.4, -0.2) is 29.2 Å². The number of hydrogen-bond acceptors (Lipinski definition) is 2. The molecule has 0 saturated heterocycles. The van der Waals surface area contributed by atoms with Gasteiger partial charge in [0.15, 0.2) is 0 Å². The molecule has 0 bridgehead atoms. The fraction of sp³-hybridized carbons (Fsp3) is 0.357. The summed E-state index contributed by atoms with van der Waals surface area (Å²) in [6.45, 7) is 3.60. The topological polar surface area (TPSA) is 20.3 Å². The first-order valence-electron chi connectivity index (χ1n) is 6.09. The minimum atomic E-state index is 0.149. The van der Waals surface area contributed by atoms with Crippen LogP contribution in [0.4, 0.5) is 0 Å². The minimum absolute atomic E-state index is 0.149. The van der Waals surface area contributed by atoms with E-state index in [-0.39, 0.29) is 5.91 Å². The molecule has 0 N–H and O–H groups in total. The number of alkyl halides is 1. The predicted molar refractivity (Wildman–Crippen MR) is 81.8 cm³/mol. The average molecular weight is 326 g/mol. The van der Waals surface area contributed by atoms with Crippen molar-refractivity contribution in [2.75, 3.05) is 18.4 Å². The molecule has 2 rings (SSSR count). The van der Waals surface area contributed by atoms with E-state index in [0.29, 0.717) is 0 Å². The third kappa shape index (κ3) is 2.75. The highest BCUT2D eigenvalue weighted by Crippen LogP contribution is 2.26. The molecule has 2 aromatic rings. The van der Waals surface area contributed by atoms with E-state index in [1.165, 1.54) is 4.70 Å². The molecule has 0 unspecified atom stereocenters. The SMILES string of the molecule is CCN(CCCBr)C(=O)c1csc2ccccc12. The number of amides is 1. The van der Waals surface area contributed by atoms with Crippen LogP contribution in [-0.2, 0) is 0 Å². The van der Waals surface area contributed by atoms with Crippen molar-refractivity contribution in [2.24, 2.45) is 0 Å². The molecule has 1 amide bonds. The maximum absolute atomic E-state index is 12.5. The molecule has 0 fully saturated rings. The first-order valence-corrected chi connectivity index (χ1v) is 8.09. The summed E-state index contributed by atoms with van der Waals surface area (Å²) in [5.41, 5.74) is 0.840. The molecule has 0 radical (unpaired) electrons. The lowest BCUT2D eigenvalue weighted by Gasteiger charge is -2.20. The van der Waals surface area contributed by atoms with Crippen LogP contribution < -0.4 is 0 Å². The molecule has 0 aliphatic rings. The molecule has 2 nitrogen and oxygen atoms in total. The molecule has 0 saturated carbocycles. The molecular formula is C14H16BrNOS. The van der Waals surface area contributed by atoms with Gasteiger partial charge in [-0.1, -0.05) is 34.1 Å². The molecule has 1 heterocycles. The Kier molecular flexibility index (Phi) is 4.78. The first kappa shape index (κ1) is 13.6. The lowest BCUT2D eigenvalue weighted by molar-refractivity contribution is 0.0767. The van der Waals surface area contributed by atoms with Gasteiger partial charge in [0.05, 0.1) is 5.56 Å². The van der Waals surface area contributed by atoms with Gasteiger partial charge in [0.1, 0.15) is 0 Å². The van der Waals surface area contributed by atoms with Crippen LogP contribution in [0.25, 0.3) is 10.1 Å². The normalized spacial score (nSPS) is 10.8. The standard InChI is InChI=1S/C14H16BrNOS/c1-2-16(9-5-8-15)14(17)12-10-18-13-7-4-3-6-11(12)13/h3-4,6-7,10H,2,5,8-9H2,1H3. The Hall–Kier alpha value is -0.870. The van der Waals surface area contributed by atoms with E-state index in [4.69, 9.17) is 0 Å². The summed E-state index contributed by atoms with van der Waals surface area (Å²) in [7, 11) is 0. The molecule has 18 heavy (non-hydrogen) atoms. The highest BCUT2D eigenvalue weighted by molar-refractivity contribution is 9.09. The molecule has 96 valence electrons. The van der Waals surface area contributed by atoms with Gasteiger partial charge in [-0.2, -0.15) is 0 Å². The second kappa shape index (κ2) is 6.34. The van der Waals surface area contributed by atoms with E-state index in [1.54, 1.807) is 11.3 Å². The number of carbonyl (C=O) groups is 1. The van der Waals surface area contributed by atoms with Crippen molar-refractivity contribution in [3.05, 3.63) is 35.2 Å². The maximum Gasteiger partial charge on any atom is 0.255 e. The first-order chi connectivity index (χ1) is 8.77. The zero-order valence-electron chi connectivity index (χ0n) is 10.4. The van der Waals surface area contributed by atoms with Crippen LogP contribution in [0.5, 0.6) is 0 Å². The number of nitrogens with zero attached hydrogens (tertiary/aromatic N) is 1. The second-order valence-electron chi connectivity index (χ2n) is 4.07. The van der Waals surface area contributed by atoms with E-state index in [2.05, 4.69) is 22.0 Å². The second-order valence-corrected chi connectivity index (χ2v) is 5.78. The highest BCUT2D eigenvalue weighted by atomic mass is 79.9. The third-order valence-corrected chi connectivity index (χ3v) is 4.47. The highest BCUT2D eigenvalue weighted by Gasteiger charge is 2.17. The Morgan fingerprint density at radius 3 is 2.89 bits per heavy atom. The molecule has 0 aliphatic heterocycles. The summed E-state index contributed by atoms with van der Waals surface area (Å²) >= 11 is 5.05. The fourth-order valence-corrected chi connectivity index (χ4v) is 3.15. The van der Waals surface area contributed by atoms with Crippen molar-refractivity contribution >= 4 is 43.3 Å². The van der Waals surface area contributed by atoms with Crippen LogP contribution in [0.2, 0.25) is 0 Å². The smallest absolute Gasteiger partial charge is 0.255 e. The van der Waals surface area contributed by atoms with Crippen molar-refractivity contribution in [1.82, 2.24) is 4.90 Å².